The number of hydrogen-bond donors (Lipinski definition) is 3. The standard InChI is InChI=1S/C10H10FN3O2S/c11-6-4-8-7(3-5(6)10(16)14-12)13-9(15)1-2-17-8/h3-4H,1-2,12H2,(H,13,15)(H,14,16). The van der Waals surface area contributed by atoms with Crippen LogP contribution in [-0.4, -0.2) is 17.6 Å². The normalized spacial score (nSPS) is 14.6. The second-order valence-electron chi connectivity index (χ2n) is 3.45. The third kappa shape index (κ3) is 2.40. The number of carbonyl (C=O) groups excluding carboxylic acids is 2. The number of fused-ring (bicyclic) bond motifs is 1. The molecule has 1 aromatic rings. The smallest absolute Gasteiger partial charge is 0.268 e. The summed E-state index contributed by atoms with van der Waals surface area (Å²) in [4.78, 5) is 23.2. The maximum atomic E-state index is 13.6. The molecule has 0 saturated carbocycles. The number of hydrogen-bond acceptors (Lipinski definition) is 4. The molecule has 1 heterocycles. The van der Waals surface area contributed by atoms with Crippen LogP contribution in [0.15, 0.2) is 17.0 Å². The molecule has 0 unspecified atom stereocenters. The second kappa shape index (κ2) is 4.72. The Bertz CT molecular complexity index is 493. The molecule has 0 aliphatic carbocycles. The topological polar surface area (TPSA) is 84.2 Å². The monoisotopic (exact) mass is 255 g/mol. The van der Waals surface area contributed by atoms with Crippen molar-refractivity contribution in [2.24, 2.45) is 5.84 Å². The zero-order chi connectivity index (χ0) is 12.4. The molecule has 0 fully saturated rings. The molecule has 0 atom stereocenters. The summed E-state index contributed by atoms with van der Waals surface area (Å²) >= 11 is 1.37. The minimum atomic E-state index is -0.728. The first-order valence-electron chi connectivity index (χ1n) is 4.89. The lowest BCUT2D eigenvalue weighted by Crippen LogP contribution is -2.30. The van der Waals surface area contributed by atoms with Crippen molar-refractivity contribution >= 4 is 29.3 Å². The molecule has 5 nitrogen and oxygen atoms in total. The van der Waals surface area contributed by atoms with Gasteiger partial charge in [-0.2, -0.15) is 0 Å². The van der Waals surface area contributed by atoms with Gasteiger partial charge in [0.2, 0.25) is 5.91 Å². The highest BCUT2D eigenvalue weighted by molar-refractivity contribution is 7.99. The van der Waals surface area contributed by atoms with Crippen LogP contribution in [0.25, 0.3) is 0 Å². The number of anilines is 1. The van der Waals surface area contributed by atoms with Crippen molar-refractivity contribution in [1.29, 1.82) is 0 Å². The number of carbonyl (C=O) groups is 2. The summed E-state index contributed by atoms with van der Waals surface area (Å²) in [7, 11) is 0. The lowest BCUT2D eigenvalue weighted by molar-refractivity contribution is -0.115. The molecule has 0 spiro atoms. The third-order valence-corrected chi connectivity index (χ3v) is 3.36. The van der Waals surface area contributed by atoms with E-state index in [0.717, 1.165) is 0 Å². The molecular formula is C10H10FN3O2S. The van der Waals surface area contributed by atoms with Gasteiger partial charge in [0.25, 0.3) is 5.91 Å². The van der Waals surface area contributed by atoms with E-state index in [1.807, 2.05) is 5.43 Å². The van der Waals surface area contributed by atoms with Gasteiger partial charge in [-0.3, -0.25) is 15.0 Å². The van der Waals surface area contributed by atoms with Gasteiger partial charge < -0.3 is 5.32 Å². The summed E-state index contributed by atoms with van der Waals surface area (Å²) in [6, 6.07) is 2.53. The SMILES string of the molecule is NNC(=O)c1cc2c(cc1F)SCCC(=O)N2. The third-order valence-electron chi connectivity index (χ3n) is 2.31. The Labute approximate surface area is 101 Å². The van der Waals surface area contributed by atoms with Crippen LogP contribution in [0.4, 0.5) is 10.1 Å². The number of halogens is 1. The summed E-state index contributed by atoms with van der Waals surface area (Å²) in [5.74, 6) is 4.00. The van der Waals surface area contributed by atoms with E-state index in [-0.39, 0.29) is 11.5 Å². The minimum Gasteiger partial charge on any atom is -0.325 e. The number of thioether (sulfide) groups is 1. The van der Waals surface area contributed by atoms with Crippen LogP contribution in [0.5, 0.6) is 0 Å². The molecule has 2 amide bonds. The molecule has 0 saturated heterocycles. The van der Waals surface area contributed by atoms with Crippen LogP contribution in [0.3, 0.4) is 0 Å². The van der Waals surface area contributed by atoms with Gasteiger partial charge >= 0.3 is 0 Å². The number of nitrogen functional groups attached to an aromatic ring is 1. The largest absolute Gasteiger partial charge is 0.325 e. The van der Waals surface area contributed by atoms with E-state index in [9.17, 15) is 14.0 Å². The fourth-order valence-corrected chi connectivity index (χ4v) is 2.45. The second-order valence-corrected chi connectivity index (χ2v) is 4.59. The van der Waals surface area contributed by atoms with Gasteiger partial charge in [0.15, 0.2) is 0 Å². The Morgan fingerprint density at radius 2 is 2.29 bits per heavy atom. The van der Waals surface area contributed by atoms with Gasteiger partial charge in [-0.25, -0.2) is 10.2 Å². The quantitative estimate of drug-likeness (QED) is 0.395. The van der Waals surface area contributed by atoms with Crippen molar-refractivity contribution in [1.82, 2.24) is 5.43 Å². The van der Waals surface area contributed by atoms with Crippen molar-refractivity contribution in [2.75, 3.05) is 11.1 Å². The average Bonchev–Trinajstić information content (AvgIpc) is 2.48. The van der Waals surface area contributed by atoms with E-state index < -0.39 is 11.7 Å². The molecule has 1 aliphatic heterocycles. The van der Waals surface area contributed by atoms with Crippen molar-refractivity contribution in [3.8, 4) is 0 Å². The number of amides is 2. The van der Waals surface area contributed by atoms with Crippen molar-refractivity contribution in [2.45, 2.75) is 11.3 Å². The molecule has 1 aromatic carbocycles. The summed E-state index contributed by atoms with van der Waals surface area (Å²) < 4.78 is 13.6. The summed E-state index contributed by atoms with van der Waals surface area (Å²) in [5, 5.41) is 2.62. The number of nitrogens with two attached hydrogens (primary N) is 1. The van der Waals surface area contributed by atoms with Crippen LogP contribution in [0, 0.1) is 5.82 Å². The Morgan fingerprint density at radius 3 is 3.00 bits per heavy atom. The molecule has 1 aliphatic rings. The van der Waals surface area contributed by atoms with Crippen molar-refractivity contribution in [3.63, 3.8) is 0 Å². The molecule has 0 radical (unpaired) electrons. The highest BCUT2D eigenvalue weighted by Crippen LogP contribution is 2.32. The van der Waals surface area contributed by atoms with E-state index in [0.29, 0.717) is 22.8 Å². The number of rotatable bonds is 1. The van der Waals surface area contributed by atoms with Gasteiger partial charge in [0, 0.05) is 17.1 Å². The van der Waals surface area contributed by atoms with Gasteiger partial charge in [-0.15, -0.1) is 11.8 Å². The van der Waals surface area contributed by atoms with E-state index in [4.69, 9.17) is 5.84 Å². The Hall–Kier alpha value is -1.60. The molecule has 17 heavy (non-hydrogen) atoms. The summed E-state index contributed by atoms with van der Waals surface area (Å²) in [5.41, 5.74) is 2.11. The number of nitrogens with one attached hydrogen (secondary N) is 2. The lowest BCUT2D eigenvalue weighted by atomic mass is 10.1. The van der Waals surface area contributed by atoms with E-state index in [2.05, 4.69) is 5.32 Å². The molecular weight excluding hydrogens is 245 g/mol. The highest BCUT2D eigenvalue weighted by Gasteiger charge is 2.19. The molecule has 4 N–H and O–H groups in total. The van der Waals surface area contributed by atoms with Crippen LogP contribution < -0.4 is 16.6 Å². The van der Waals surface area contributed by atoms with Gasteiger partial charge in [-0.05, 0) is 12.1 Å². The van der Waals surface area contributed by atoms with Crippen molar-refractivity contribution in [3.05, 3.63) is 23.5 Å². The van der Waals surface area contributed by atoms with Crippen LogP contribution >= 0.6 is 11.8 Å². The molecule has 0 aromatic heterocycles. The fraction of sp³-hybridized carbons (Fsp3) is 0.200. The first-order valence-corrected chi connectivity index (χ1v) is 5.87. The maximum Gasteiger partial charge on any atom is 0.268 e. The Morgan fingerprint density at radius 1 is 1.53 bits per heavy atom. The van der Waals surface area contributed by atoms with Gasteiger partial charge in [0.05, 0.1) is 11.3 Å². The molecule has 90 valence electrons. The van der Waals surface area contributed by atoms with Crippen LogP contribution in [-0.2, 0) is 4.79 Å². The first kappa shape index (κ1) is 11.9. The van der Waals surface area contributed by atoms with E-state index in [1.54, 1.807) is 0 Å². The fourth-order valence-electron chi connectivity index (χ4n) is 1.49. The lowest BCUT2D eigenvalue weighted by Gasteiger charge is -2.09. The maximum absolute atomic E-state index is 13.6. The molecule has 2 rings (SSSR count). The van der Waals surface area contributed by atoms with Gasteiger partial charge in [-0.1, -0.05) is 0 Å². The number of benzene rings is 1. The van der Waals surface area contributed by atoms with Crippen molar-refractivity contribution < 1.29 is 14.0 Å². The zero-order valence-corrected chi connectivity index (χ0v) is 9.57. The first-order chi connectivity index (χ1) is 8.11. The Kier molecular flexibility index (Phi) is 3.30. The summed E-state index contributed by atoms with van der Waals surface area (Å²) in [6.45, 7) is 0. The highest BCUT2D eigenvalue weighted by atomic mass is 32.2. The minimum absolute atomic E-state index is 0.151. The van der Waals surface area contributed by atoms with E-state index in [1.165, 1.54) is 23.9 Å². The number of hydrazine groups is 1. The molecule has 7 heteroatoms. The van der Waals surface area contributed by atoms with Gasteiger partial charge in [0.1, 0.15) is 5.82 Å². The molecule has 0 bridgehead atoms. The average molecular weight is 255 g/mol. The van der Waals surface area contributed by atoms with Crippen LogP contribution in [0.1, 0.15) is 16.8 Å². The van der Waals surface area contributed by atoms with E-state index >= 15 is 0 Å². The zero-order valence-electron chi connectivity index (χ0n) is 8.75. The predicted octanol–water partition coefficient (Wildman–Crippen LogP) is 0.863. The summed E-state index contributed by atoms with van der Waals surface area (Å²) in [6.07, 6.45) is 0.361. The predicted molar refractivity (Wildman–Crippen MR) is 62.0 cm³/mol. The van der Waals surface area contributed by atoms with Crippen LogP contribution in [0.2, 0.25) is 0 Å². The Balaban J connectivity index is 2.46.